The predicted octanol–water partition coefficient (Wildman–Crippen LogP) is 1.42. The lowest BCUT2D eigenvalue weighted by Gasteiger charge is -2.39. The van der Waals surface area contributed by atoms with E-state index in [4.69, 9.17) is 5.11 Å². The minimum atomic E-state index is -0.737. The van der Waals surface area contributed by atoms with Crippen LogP contribution in [0, 0.1) is 0 Å². The van der Waals surface area contributed by atoms with E-state index in [9.17, 15) is 9.90 Å². The molecule has 0 amide bonds. The van der Waals surface area contributed by atoms with Crippen LogP contribution in [0.15, 0.2) is 30.3 Å². The van der Waals surface area contributed by atoms with Gasteiger partial charge in [-0.15, -0.1) is 0 Å². The van der Waals surface area contributed by atoms with Crippen molar-refractivity contribution in [2.45, 2.75) is 31.8 Å². The second-order valence-corrected chi connectivity index (χ2v) is 5.92. The molecule has 1 aliphatic rings. The number of piperidine rings is 1. The summed E-state index contributed by atoms with van der Waals surface area (Å²) in [5.41, 5.74) is 1.25. The Morgan fingerprint density at radius 2 is 2.09 bits per heavy atom. The van der Waals surface area contributed by atoms with Gasteiger partial charge in [0.25, 0.3) is 0 Å². The second-order valence-electron chi connectivity index (χ2n) is 5.92. The van der Waals surface area contributed by atoms with Crippen molar-refractivity contribution < 1.29 is 15.0 Å². The van der Waals surface area contributed by atoms with Crippen LogP contribution in [0.3, 0.4) is 0 Å². The van der Waals surface area contributed by atoms with E-state index in [1.165, 1.54) is 5.56 Å². The number of aliphatic carboxylic acids is 1. The molecule has 1 unspecified atom stereocenters. The molecule has 1 atom stereocenters. The predicted molar refractivity (Wildman–Crippen MR) is 85.7 cm³/mol. The molecule has 0 radical (unpaired) electrons. The highest BCUT2D eigenvalue weighted by Crippen LogP contribution is 2.18. The molecule has 1 heterocycles. The maximum absolute atomic E-state index is 10.7. The number of benzene rings is 1. The number of carbonyl (C=O) groups is 1. The van der Waals surface area contributed by atoms with Gasteiger partial charge >= 0.3 is 5.97 Å². The van der Waals surface area contributed by atoms with Crippen LogP contribution in [-0.2, 0) is 11.3 Å². The summed E-state index contributed by atoms with van der Waals surface area (Å²) in [4.78, 5) is 15.3. The van der Waals surface area contributed by atoms with Gasteiger partial charge in [0.2, 0.25) is 0 Å². The van der Waals surface area contributed by atoms with Crippen LogP contribution in [0.4, 0.5) is 0 Å². The summed E-state index contributed by atoms with van der Waals surface area (Å²) in [5, 5.41) is 18.2. The highest BCUT2D eigenvalue weighted by molar-refractivity contribution is 5.66. The lowest BCUT2D eigenvalue weighted by Crippen LogP contribution is -2.48. The first-order valence-corrected chi connectivity index (χ1v) is 8.02. The number of hydrogen-bond acceptors (Lipinski definition) is 4. The number of aliphatic hydroxyl groups is 1. The summed E-state index contributed by atoms with van der Waals surface area (Å²) in [6.07, 6.45) is 2.39. The second kappa shape index (κ2) is 8.88. The maximum Gasteiger partial charge on any atom is 0.304 e. The topological polar surface area (TPSA) is 64.0 Å². The van der Waals surface area contributed by atoms with Crippen molar-refractivity contribution in [2.75, 3.05) is 32.8 Å². The van der Waals surface area contributed by atoms with Crippen molar-refractivity contribution in [1.82, 2.24) is 9.80 Å². The fourth-order valence-electron chi connectivity index (χ4n) is 3.12. The molecular weight excluding hydrogens is 280 g/mol. The molecule has 1 aromatic rings. The SMILES string of the molecule is O=C(O)CCN1CCCC(N(CCO)Cc2ccccc2)C1. The molecule has 2 N–H and O–H groups in total. The van der Waals surface area contributed by atoms with E-state index in [0.717, 1.165) is 32.5 Å². The molecule has 0 aliphatic carbocycles. The molecule has 22 heavy (non-hydrogen) atoms. The van der Waals surface area contributed by atoms with Crippen LogP contribution in [0.5, 0.6) is 0 Å². The van der Waals surface area contributed by atoms with Gasteiger partial charge in [0.1, 0.15) is 0 Å². The highest BCUT2D eigenvalue weighted by atomic mass is 16.4. The zero-order valence-electron chi connectivity index (χ0n) is 13.0. The van der Waals surface area contributed by atoms with Gasteiger partial charge in [0, 0.05) is 32.2 Å². The van der Waals surface area contributed by atoms with Gasteiger partial charge in [-0.05, 0) is 24.9 Å². The quantitative estimate of drug-likeness (QED) is 0.760. The van der Waals surface area contributed by atoms with Crippen molar-refractivity contribution >= 4 is 5.97 Å². The van der Waals surface area contributed by atoms with Crippen LogP contribution in [0.25, 0.3) is 0 Å². The molecule has 5 heteroatoms. The van der Waals surface area contributed by atoms with Crippen LogP contribution in [-0.4, -0.2) is 64.8 Å². The zero-order chi connectivity index (χ0) is 15.8. The molecule has 0 spiro atoms. The highest BCUT2D eigenvalue weighted by Gasteiger charge is 2.25. The average molecular weight is 306 g/mol. The molecule has 1 aromatic carbocycles. The van der Waals surface area contributed by atoms with Crippen molar-refractivity contribution in [2.24, 2.45) is 0 Å². The summed E-state index contributed by atoms with van der Waals surface area (Å²) in [7, 11) is 0. The number of rotatable bonds is 8. The Balaban J connectivity index is 1.93. The Kier molecular flexibility index (Phi) is 6.83. The number of nitrogens with zero attached hydrogens (tertiary/aromatic N) is 2. The van der Waals surface area contributed by atoms with E-state index in [2.05, 4.69) is 21.9 Å². The van der Waals surface area contributed by atoms with Crippen LogP contribution < -0.4 is 0 Å². The fourth-order valence-corrected chi connectivity index (χ4v) is 3.12. The minimum Gasteiger partial charge on any atom is -0.481 e. The average Bonchev–Trinajstić information content (AvgIpc) is 2.54. The monoisotopic (exact) mass is 306 g/mol. The molecule has 2 rings (SSSR count). The zero-order valence-corrected chi connectivity index (χ0v) is 13.0. The van der Waals surface area contributed by atoms with Crippen molar-refractivity contribution in [1.29, 1.82) is 0 Å². The third-order valence-electron chi connectivity index (χ3n) is 4.25. The lowest BCUT2D eigenvalue weighted by molar-refractivity contribution is -0.137. The molecule has 1 saturated heterocycles. The molecule has 0 aromatic heterocycles. The van der Waals surface area contributed by atoms with E-state index in [0.29, 0.717) is 19.1 Å². The Bertz CT molecular complexity index is 452. The Labute approximate surface area is 132 Å². The third kappa shape index (κ3) is 5.40. The first-order chi connectivity index (χ1) is 10.7. The van der Waals surface area contributed by atoms with Gasteiger partial charge in [0.05, 0.1) is 13.0 Å². The molecule has 1 aliphatic heterocycles. The van der Waals surface area contributed by atoms with E-state index < -0.39 is 5.97 Å². The minimum absolute atomic E-state index is 0.151. The normalized spacial score (nSPS) is 19.5. The summed E-state index contributed by atoms with van der Waals surface area (Å²) < 4.78 is 0. The van der Waals surface area contributed by atoms with Gasteiger partial charge in [-0.25, -0.2) is 0 Å². The van der Waals surface area contributed by atoms with Gasteiger partial charge in [-0.2, -0.15) is 0 Å². The van der Waals surface area contributed by atoms with Crippen LogP contribution in [0.2, 0.25) is 0 Å². The van der Waals surface area contributed by atoms with Gasteiger partial charge in [-0.3, -0.25) is 9.69 Å². The molecule has 122 valence electrons. The standard InChI is InChI=1S/C17H26N2O3/c20-12-11-19(13-15-5-2-1-3-6-15)16-7-4-9-18(14-16)10-8-17(21)22/h1-3,5-6,16,20H,4,7-14H2,(H,21,22). The number of carboxylic acids is 1. The fraction of sp³-hybridized carbons (Fsp3) is 0.588. The summed E-state index contributed by atoms with van der Waals surface area (Å²) in [5.74, 6) is -0.737. The smallest absolute Gasteiger partial charge is 0.304 e. The van der Waals surface area contributed by atoms with Gasteiger partial charge in [0.15, 0.2) is 0 Å². The molecule has 5 nitrogen and oxygen atoms in total. The van der Waals surface area contributed by atoms with E-state index in [-0.39, 0.29) is 13.0 Å². The largest absolute Gasteiger partial charge is 0.481 e. The Hall–Kier alpha value is -1.43. The molecule has 0 bridgehead atoms. The van der Waals surface area contributed by atoms with E-state index in [1.807, 2.05) is 18.2 Å². The van der Waals surface area contributed by atoms with Gasteiger partial charge in [-0.1, -0.05) is 30.3 Å². The molecule has 1 fully saturated rings. The van der Waals surface area contributed by atoms with Crippen molar-refractivity contribution in [3.8, 4) is 0 Å². The summed E-state index contributed by atoms with van der Waals surface area (Å²) in [6, 6.07) is 10.7. The number of aliphatic hydroxyl groups excluding tert-OH is 1. The first kappa shape index (κ1) is 16.9. The first-order valence-electron chi connectivity index (χ1n) is 8.02. The van der Waals surface area contributed by atoms with Crippen LogP contribution in [0.1, 0.15) is 24.8 Å². The van der Waals surface area contributed by atoms with E-state index >= 15 is 0 Å². The Morgan fingerprint density at radius 3 is 2.77 bits per heavy atom. The third-order valence-corrected chi connectivity index (χ3v) is 4.25. The lowest BCUT2D eigenvalue weighted by atomic mass is 10.0. The number of carboxylic acid groups (broad SMARTS) is 1. The summed E-state index contributed by atoms with van der Waals surface area (Å²) in [6.45, 7) is 4.12. The van der Waals surface area contributed by atoms with Crippen molar-refractivity contribution in [3.05, 3.63) is 35.9 Å². The van der Waals surface area contributed by atoms with Gasteiger partial charge < -0.3 is 15.1 Å². The maximum atomic E-state index is 10.7. The molecule has 0 saturated carbocycles. The number of hydrogen-bond donors (Lipinski definition) is 2. The van der Waals surface area contributed by atoms with Crippen LogP contribution >= 0.6 is 0 Å². The number of likely N-dealkylation sites (tertiary alicyclic amines) is 1. The molecular formula is C17H26N2O3. The van der Waals surface area contributed by atoms with E-state index in [1.54, 1.807) is 0 Å². The summed E-state index contributed by atoms with van der Waals surface area (Å²) >= 11 is 0. The Morgan fingerprint density at radius 1 is 1.32 bits per heavy atom. The van der Waals surface area contributed by atoms with Crippen molar-refractivity contribution in [3.63, 3.8) is 0 Å².